The SMILES string of the molecule is C=CCC(C=C)(NC(=O)C1CC2CN1C(=O)C(C1CCCC1)NC(=O)OC1CCCC1CCC=CCc1c(nc3ccccc3c1OC(=O)C(C)C)O2)C(=O)NS(=O)(=O)C1CC1. The van der Waals surface area contributed by atoms with E-state index in [9.17, 15) is 27.6 Å². The van der Waals surface area contributed by atoms with Crippen molar-refractivity contribution in [3.05, 3.63) is 67.3 Å². The summed E-state index contributed by atoms with van der Waals surface area (Å²) in [7, 11) is -4.02. The summed E-state index contributed by atoms with van der Waals surface area (Å²) in [5.74, 6) is -2.79. The molecule has 3 saturated carbocycles. The van der Waals surface area contributed by atoms with Crippen LogP contribution in [0.25, 0.3) is 10.9 Å². The number of carbonyl (C=O) groups excluding carboxylic acids is 5. The first-order valence-corrected chi connectivity index (χ1v) is 23.6. The average molecular weight is 874 g/mol. The van der Waals surface area contributed by atoms with Gasteiger partial charge in [-0.15, -0.1) is 13.2 Å². The lowest BCUT2D eigenvalue weighted by atomic mass is 9.93. The number of rotatable bonds is 11. The number of para-hydroxylation sites is 1. The van der Waals surface area contributed by atoms with Gasteiger partial charge in [0.05, 0.1) is 28.8 Å². The van der Waals surface area contributed by atoms with Crippen LogP contribution in [0.3, 0.4) is 0 Å². The molecule has 6 unspecified atom stereocenters. The van der Waals surface area contributed by atoms with E-state index in [4.69, 9.17) is 19.2 Å². The zero-order valence-electron chi connectivity index (χ0n) is 35.6. The molecule has 62 heavy (non-hydrogen) atoms. The van der Waals surface area contributed by atoms with Crippen molar-refractivity contribution in [1.29, 1.82) is 0 Å². The monoisotopic (exact) mass is 873 g/mol. The molecular formula is C46H59N5O10S. The van der Waals surface area contributed by atoms with Crippen molar-refractivity contribution in [2.45, 2.75) is 139 Å². The number of carbonyl (C=O) groups is 5. The van der Waals surface area contributed by atoms with Crippen molar-refractivity contribution in [3.63, 3.8) is 0 Å². The zero-order valence-corrected chi connectivity index (χ0v) is 36.5. The van der Waals surface area contributed by atoms with Crippen LogP contribution in [0.15, 0.2) is 61.7 Å². The molecule has 5 aliphatic rings. The Labute approximate surface area is 363 Å². The second kappa shape index (κ2) is 19.0. The van der Waals surface area contributed by atoms with Crippen LogP contribution in [-0.2, 0) is 40.4 Å². The highest BCUT2D eigenvalue weighted by atomic mass is 32.2. The minimum absolute atomic E-state index is 0.0721. The summed E-state index contributed by atoms with van der Waals surface area (Å²) >= 11 is 0. The standard InChI is InChI=1S/C46H59N5O10S/c1-5-25-46(6-2,44(55)50-62(57,58)32-23-24-32)49-40(52)36-26-31-27-51(36)42(53)38(30-16-10-11-17-30)48-45(56)60-37-22-14-18-29(37)15-8-7-9-20-34-39(61-43(54)28(3)4)33-19-12-13-21-35(33)47-41(34)59-31/h5-7,9,12-13,19,21,28-32,36-38H,1-2,8,10-11,14-18,20,22-27H2,3-4H3,(H,48,56)(H,49,52)(H,50,55). The maximum Gasteiger partial charge on any atom is 0.408 e. The van der Waals surface area contributed by atoms with Crippen LogP contribution in [0.1, 0.15) is 103 Å². The third kappa shape index (κ3) is 9.85. The van der Waals surface area contributed by atoms with Gasteiger partial charge in [-0.1, -0.05) is 63.1 Å². The Balaban J connectivity index is 1.30. The number of hydrogen-bond acceptors (Lipinski definition) is 11. The number of esters is 1. The Hall–Kier alpha value is -5.25. The van der Waals surface area contributed by atoms with Crippen LogP contribution in [0.4, 0.5) is 4.79 Å². The minimum atomic E-state index is -4.02. The zero-order chi connectivity index (χ0) is 44.2. The molecule has 0 spiro atoms. The summed E-state index contributed by atoms with van der Waals surface area (Å²) in [4.78, 5) is 76.8. The number of sulfonamides is 1. The predicted octanol–water partition coefficient (Wildman–Crippen LogP) is 5.72. The summed E-state index contributed by atoms with van der Waals surface area (Å²) in [6, 6.07) is 4.98. The molecule has 6 atom stereocenters. The molecule has 2 aliphatic heterocycles. The molecule has 2 bridgehead atoms. The number of amides is 4. The molecule has 16 heteroatoms. The van der Waals surface area contributed by atoms with Crippen LogP contribution >= 0.6 is 0 Å². The van der Waals surface area contributed by atoms with Crippen LogP contribution < -0.4 is 24.8 Å². The fraction of sp³-hybridized carbons (Fsp3) is 0.565. The average Bonchev–Trinajstić information content (AvgIpc) is 3.57. The first-order chi connectivity index (χ1) is 29.7. The molecular weight excluding hydrogens is 815 g/mol. The van der Waals surface area contributed by atoms with Gasteiger partial charge in [-0.05, 0) is 88.2 Å². The molecule has 3 aliphatic carbocycles. The first kappa shape index (κ1) is 44.8. The van der Waals surface area contributed by atoms with Crippen LogP contribution in [0.5, 0.6) is 11.6 Å². The van der Waals surface area contributed by atoms with E-state index in [1.807, 2.05) is 24.3 Å². The topological polar surface area (TPSA) is 199 Å². The van der Waals surface area contributed by atoms with Gasteiger partial charge in [-0.3, -0.25) is 23.9 Å². The molecule has 4 fully saturated rings. The normalized spacial score (nSPS) is 25.9. The molecule has 3 heterocycles. The van der Waals surface area contributed by atoms with E-state index in [-0.39, 0.29) is 49.6 Å². The van der Waals surface area contributed by atoms with Gasteiger partial charge in [0, 0.05) is 18.2 Å². The molecule has 1 aromatic carbocycles. The van der Waals surface area contributed by atoms with Crippen molar-refractivity contribution in [2.75, 3.05) is 6.54 Å². The maximum absolute atomic E-state index is 15.0. The Kier molecular flexibility index (Phi) is 13.7. The second-order valence-electron chi connectivity index (χ2n) is 17.7. The van der Waals surface area contributed by atoms with E-state index in [1.54, 1.807) is 19.9 Å². The number of fused-ring (bicyclic) bond motifs is 5. The first-order valence-electron chi connectivity index (χ1n) is 22.1. The third-order valence-electron chi connectivity index (χ3n) is 12.9. The number of nitrogens with one attached hydrogen (secondary N) is 3. The highest BCUT2D eigenvalue weighted by Crippen LogP contribution is 2.39. The van der Waals surface area contributed by atoms with Gasteiger partial charge in [0.25, 0.3) is 5.91 Å². The fourth-order valence-corrected chi connectivity index (χ4v) is 10.6. The summed E-state index contributed by atoms with van der Waals surface area (Å²) in [6.07, 6.45) is 12.6. The Morgan fingerprint density at radius 3 is 2.45 bits per heavy atom. The lowest BCUT2D eigenvalue weighted by Crippen LogP contribution is -2.62. The quantitative estimate of drug-likeness (QED) is 0.185. The molecule has 334 valence electrons. The molecule has 15 nitrogen and oxygen atoms in total. The second-order valence-corrected chi connectivity index (χ2v) is 19.6. The van der Waals surface area contributed by atoms with E-state index in [0.29, 0.717) is 60.7 Å². The summed E-state index contributed by atoms with van der Waals surface area (Å²) in [6.45, 7) is 10.9. The van der Waals surface area contributed by atoms with E-state index in [0.717, 1.165) is 32.1 Å². The molecule has 3 N–H and O–H groups in total. The number of benzene rings is 1. The fourth-order valence-electron chi connectivity index (χ4n) is 9.25. The maximum atomic E-state index is 15.0. The molecule has 0 radical (unpaired) electrons. The molecule has 2 aromatic rings. The highest BCUT2D eigenvalue weighted by molar-refractivity contribution is 7.91. The predicted molar refractivity (Wildman–Crippen MR) is 231 cm³/mol. The summed E-state index contributed by atoms with van der Waals surface area (Å²) < 4.78 is 46.9. The number of hydrogen-bond donors (Lipinski definition) is 3. The third-order valence-corrected chi connectivity index (χ3v) is 14.7. The van der Waals surface area contributed by atoms with Crippen LogP contribution in [0.2, 0.25) is 0 Å². The number of alkyl carbamates (subject to hydrolysis) is 1. The van der Waals surface area contributed by atoms with Gasteiger partial charge in [0.15, 0.2) is 0 Å². The number of aromatic nitrogens is 1. The lowest BCUT2D eigenvalue weighted by Gasteiger charge is -2.34. The summed E-state index contributed by atoms with van der Waals surface area (Å²) in [5.41, 5.74) is -0.919. The van der Waals surface area contributed by atoms with Gasteiger partial charge < -0.3 is 29.7 Å². The van der Waals surface area contributed by atoms with Crippen molar-refractivity contribution < 1.29 is 46.6 Å². The summed E-state index contributed by atoms with van der Waals surface area (Å²) in [5, 5.41) is 5.56. The minimum Gasteiger partial charge on any atom is -0.472 e. The van der Waals surface area contributed by atoms with Gasteiger partial charge in [-0.25, -0.2) is 18.2 Å². The lowest BCUT2D eigenvalue weighted by molar-refractivity contribution is -0.142. The smallest absolute Gasteiger partial charge is 0.408 e. The Morgan fingerprint density at radius 2 is 1.74 bits per heavy atom. The van der Waals surface area contributed by atoms with E-state index < -0.39 is 74.7 Å². The van der Waals surface area contributed by atoms with Gasteiger partial charge in [0.2, 0.25) is 27.7 Å². The molecule has 4 amide bonds. The van der Waals surface area contributed by atoms with Crippen molar-refractivity contribution in [3.8, 4) is 11.6 Å². The van der Waals surface area contributed by atoms with Crippen molar-refractivity contribution in [2.24, 2.45) is 17.8 Å². The highest BCUT2D eigenvalue weighted by Gasteiger charge is 2.49. The van der Waals surface area contributed by atoms with Crippen molar-refractivity contribution >= 4 is 50.7 Å². The van der Waals surface area contributed by atoms with E-state index in [1.165, 1.54) is 17.1 Å². The Bertz CT molecular complexity index is 2220. The van der Waals surface area contributed by atoms with Crippen LogP contribution in [0, 0.1) is 17.8 Å². The number of nitrogens with zero attached hydrogens (tertiary/aromatic N) is 2. The molecule has 1 saturated heterocycles. The van der Waals surface area contributed by atoms with E-state index >= 15 is 4.79 Å². The van der Waals surface area contributed by atoms with Crippen molar-refractivity contribution in [1.82, 2.24) is 25.2 Å². The number of pyridine rings is 1. The van der Waals surface area contributed by atoms with Gasteiger partial charge in [0.1, 0.15) is 35.6 Å². The van der Waals surface area contributed by atoms with Gasteiger partial charge >= 0.3 is 12.1 Å². The van der Waals surface area contributed by atoms with Crippen LogP contribution in [-0.4, -0.2) is 89.7 Å². The molecule has 1 aromatic heterocycles. The number of allylic oxidation sites excluding steroid dienone is 2. The largest absolute Gasteiger partial charge is 0.472 e. The van der Waals surface area contributed by atoms with Gasteiger partial charge in [-0.2, -0.15) is 0 Å². The molecule has 7 rings (SSSR count). The number of ether oxygens (including phenoxy) is 3. The van der Waals surface area contributed by atoms with E-state index in [2.05, 4.69) is 34.6 Å². The Morgan fingerprint density at radius 1 is 1.00 bits per heavy atom.